The van der Waals surface area contributed by atoms with Crippen LogP contribution in [0.25, 0.3) is 0 Å². The van der Waals surface area contributed by atoms with E-state index in [0.29, 0.717) is 4.60 Å². The van der Waals surface area contributed by atoms with Crippen molar-refractivity contribution in [1.29, 1.82) is 0 Å². The number of aliphatic hydroxyl groups is 1. The molecule has 14 heavy (non-hydrogen) atoms. The number of aliphatic hydroxyl groups excluding tert-OH is 1. The zero-order valence-corrected chi connectivity index (χ0v) is 9.53. The van der Waals surface area contributed by atoms with E-state index >= 15 is 0 Å². The molecule has 2 heterocycles. The number of hydrogen-bond donors (Lipinski definition) is 2. The Morgan fingerprint density at radius 3 is 3.00 bits per heavy atom. The lowest BCUT2D eigenvalue weighted by molar-refractivity contribution is 0.109. The van der Waals surface area contributed by atoms with Gasteiger partial charge < -0.3 is 10.4 Å². The summed E-state index contributed by atoms with van der Waals surface area (Å²) in [5.74, 6) is 0.267. The molecule has 1 aromatic rings. The van der Waals surface area contributed by atoms with Crippen LogP contribution in [0.2, 0.25) is 0 Å². The number of aromatic nitrogens is 3. The molecule has 2 atom stereocenters. The second kappa shape index (κ2) is 3.96. The van der Waals surface area contributed by atoms with Crippen LogP contribution >= 0.6 is 15.9 Å². The van der Waals surface area contributed by atoms with Crippen LogP contribution in [-0.4, -0.2) is 33.2 Å². The van der Waals surface area contributed by atoms with Crippen molar-refractivity contribution in [3.63, 3.8) is 0 Å². The van der Waals surface area contributed by atoms with Crippen molar-refractivity contribution >= 4 is 15.9 Å². The van der Waals surface area contributed by atoms with E-state index in [1.165, 1.54) is 0 Å². The number of rotatable bonds is 2. The SMILES string of the molecule is Cn1nnc(Br)c1C(O)[C@H]1CCNC1. The van der Waals surface area contributed by atoms with Crippen molar-refractivity contribution in [3.05, 3.63) is 10.3 Å². The number of hydrogen-bond acceptors (Lipinski definition) is 4. The Morgan fingerprint density at radius 1 is 1.71 bits per heavy atom. The zero-order valence-electron chi connectivity index (χ0n) is 7.94. The summed E-state index contributed by atoms with van der Waals surface area (Å²) in [6.45, 7) is 1.84. The maximum absolute atomic E-state index is 10.1. The first-order valence-corrected chi connectivity index (χ1v) is 5.43. The van der Waals surface area contributed by atoms with Gasteiger partial charge in [0.2, 0.25) is 0 Å². The summed E-state index contributed by atoms with van der Waals surface area (Å²) >= 11 is 3.29. The van der Waals surface area contributed by atoms with Gasteiger partial charge in [0.15, 0.2) is 4.60 Å². The van der Waals surface area contributed by atoms with Crippen molar-refractivity contribution in [1.82, 2.24) is 20.3 Å². The van der Waals surface area contributed by atoms with E-state index in [-0.39, 0.29) is 5.92 Å². The molecule has 0 saturated carbocycles. The van der Waals surface area contributed by atoms with Crippen LogP contribution < -0.4 is 5.32 Å². The van der Waals surface area contributed by atoms with Crippen LogP contribution in [0.4, 0.5) is 0 Å². The number of aryl methyl sites for hydroxylation is 1. The van der Waals surface area contributed by atoms with Gasteiger partial charge in [-0.05, 0) is 28.9 Å². The van der Waals surface area contributed by atoms with Crippen LogP contribution in [0.5, 0.6) is 0 Å². The molecule has 0 aromatic carbocycles. The Morgan fingerprint density at radius 2 is 2.50 bits per heavy atom. The highest BCUT2D eigenvalue weighted by molar-refractivity contribution is 9.10. The smallest absolute Gasteiger partial charge is 0.154 e. The fourth-order valence-electron chi connectivity index (χ4n) is 1.82. The molecule has 78 valence electrons. The van der Waals surface area contributed by atoms with Crippen LogP contribution in [-0.2, 0) is 7.05 Å². The van der Waals surface area contributed by atoms with Gasteiger partial charge in [0.25, 0.3) is 0 Å². The number of halogens is 1. The van der Waals surface area contributed by atoms with E-state index in [1.807, 2.05) is 0 Å². The van der Waals surface area contributed by atoms with E-state index in [9.17, 15) is 5.11 Å². The summed E-state index contributed by atoms with van der Waals surface area (Å²) in [6, 6.07) is 0. The summed E-state index contributed by atoms with van der Waals surface area (Å²) in [4.78, 5) is 0. The molecule has 5 nitrogen and oxygen atoms in total. The Kier molecular flexibility index (Phi) is 2.85. The number of nitrogens with one attached hydrogen (secondary N) is 1. The molecule has 1 saturated heterocycles. The average molecular weight is 261 g/mol. The summed E-state index contributed by atoms with van der Waals surface area (Å²) < 4.78 is 2.26. The van der Waals surface area contributed by atoms with Crippen molar-refractivity contribution in [3.8, 4) is 0 Å². The van der Waals surface area contributed by atoms with E-state index in [0.717, 1.165) is 25.2 Å². The Bertz CT molecular complexity index is 302. The average Bonchev–Trinajstić information content (AvgIpc) is 2.75. The van der Waals surface area contributed by atoms with Gasteiger partial charge in [-0.25, -0.2) is 4.68 Å². The first kappa shape index (κ1) is 10.1. The highest BCUT2D eigenvalue weighted by atomic mass is 79.9. The van der Waals surface area contributed by atoms with E-state index in [1.54, 1.807) is 11.7 Å². The Balaban J connectivity index is 2.21. The Labute approximate surface area is 90.6 Å². The second-order valence-corrected chi connectivity index (χ2v) is 4.34. The first-order chi connectivity index (χ1) is 6.70. The molecule has 1 aromatic heterocycles. The fourth-order valence-corrected chi connectivity index (χ4v) is 2.38. The minimum absolute atomic E-state index is 0.267. The molecule has 0 radical (unpaired) electrons. The van der Waals surface area contributed by atoms with E-state index in [2.05, 4.69) is 31.6 Å². The quantitative estimate of drug-likeness (QED) is 0.799. The predicted molar refractivity (Wildman–Crippen MR) is 54.6 cm³/mol. The maximum atomic E-state index is 10.1. The molecule has 1 aliphatic heterocycles. The molecule has 0 amide bonds. The normalized spacial score (nSPS) is 24.1. The van der Waals surface area contributed by atoms with Crippen molar-refractivity contribution in [2.45, 2.75) is 12.5 Å². The topological polar surface area (TPSA) is 63.0 Å². The first-order valence-electron chi connectivity index (χ1n) is 4.64. The molecule has 0 aliphatic carbocycles. The largest absolute Gasteiger partial charge is 0.386 e. The molecule has 1 unspecified atom stereocenters. The zero-order chi connectivity index (χ0) is 10.1. The fraction of sp³-hybridized carbons (Fsp3) is 0.750. The minimum Gasteiger partial charge on any atom is -0.386 e. The molecule has 0 bridgehead atoms. The van der Waals surface area contributed by atoms with Gasteiger partial charge in [-0.2, -0.15) is 0 Å². The summed E-state index contributed by atoms with van der Waals surface area (Å²) in [5.41, 5.74) is 0.763. The second-order valence-electron chi connectivity index (χ2n) is 3.59. The monoisotopic (exact) mass is 260 g/mol. The van der Waals surface area contributed by atoms with Crippen molar-refractivity contribution in [2.75, 3.05) is 13.1 Å². The predicted octanol–water partition coefficient (Wildman–Crippen LogP) is 0.220. The van der Waals surface area contributed by atoms with Crippen molar-refractivity contribution < 1.29 is 5.11 Å². The molecular weight excluding hydrogens is 248 g/mol. The molecule has 1 aliphatic rings. The maximum Gasteiger partial charge on any atom is 0.154 e. The van der Waals surface area contributed by atoms with Gasteiger partial charge in [0, 0.05) is 19.5 Å². The van der Waals surface area contributed by atoms with Gasteiger partial charge >= 0.3 is 0 Å². The third-order valence-electron chi connectivity index (χ3n) is 2.65. The third-order valence-corrected chi connectivity index (χ3v) is 3.22. The number of nitrogens with zero attached hydrogens (tertiary/aromatic N) is 3. The molecular formula is C8H13BrN4O. The lowest BCUT2D eigenvalue weighted by Crippen LogP contribution is -2.18. The van der Waals surface area contributed by atoms with Crippen LogP contribution in [0.3, 0.4) is 0 Å². The molecule has 0 spiro atoms. The van der Waals surface area contributed by atoms with Gasteiger partial charge in [-0.15, -0.1) is 5.10 Å². The molecule has 6 heteroatoms. The summed E-state index contributed by atoms with van der Waals surface area (Å²) in [6.07, 6.45) is 0.512. The van der Waals surface area contributed by atoms with Crippen LogP contribution in [0.1, 0.15) is 18.2 Å². The van der Waals surface area contributed by atoms with E-state index < -0.39 is 6.10 Å². The van der Waals surface area contributed by atoms with Crippen LogP contribution in [0, 0.1) is 5.92 Å². The van der Waals surface area contributed by atoms with Gasteiger partial charge in [-0.3, -0.25) is 0 Å². The Hall–Kier alpha value is -0.460. The summed E-state index contributed by atoms with van der Waals surface area (Å²) in [7, 11) is 1.79. The molecule has 2 rings (SSSR count). The molecule has 1 fully saturated rings. The summed E-state index contributed by atoms with van der Waals surface area (Å²) in [5, 5.41) is 21.0. The lowest BCUT2D eigenvalue weighted by Gasteiger charge is -2.16. The standard InChI is InChI=1S/C8H13BrN4O/c1-13-6(8(9)11-12-13)7(14)5-2-3-10-4-5/h5,7,10,14H,2-4H2,1H3/t5-,7?/m0/s1. The molecule has 2 N–H and O–H groups in total. The lowest BCUT2D eigenvalue weighted by atomic mass is 9.99. The van der Waals surface area contributed by atoms with Crippen LogP contribution in [0.15, 0.2) is 4.60 Å². The van der Waals surface area contributed by atoms with E-state index in [4.69, 9.17) is 0 Å². The minimum atomic E-state index is -0.487. The third kappa shape index (κ3) is 1.69. The van der Waals surface area contributed by atoms with Gasteiger partial charge in [-0.1, -0.05) is 5.21 Å². The highest BCUT2D eigenvalue weighted by Crippen LogP contribution is 2.29. The van der Waals surface area contributed by atoms with Gasteiger partial charge in [0.05, 0.1) is 0 Å². The van der Waals surface area contributed by atoms with Crippen molar-refractivity contribution in [2.24, 2.45) is 13.0 Å². The van der Waals surface area contributed by atoms with Gasteiger partial charge in [0.1, 0.15) is 11.8 Å². The highest BCUT2D eigenvalue weighted by Gasteiger charge is 2.28.